The number of carbonyl (C=O) groups excluding carboxylic acids is 1. The summed E-state index contributed by atoms with van der Waals surface area (Å²) in [5.74, 6) is -0.257. The van der Waals surface area contributed by atoms with Crippen LogP contribution < -0.4 is 5.32 Å². The van der Waals surface area contributed by atoms with Gasteiger partial charge in [0.25, 0.3) is 0 Å². The molecule has 1 saturated heterocycles. The highest BCUT2D eigenvalue weighted by Crippen LogP contribution is 2.21. The van der Waals surface area contributed by atoms with Gasteiger partial charge in [0.2, 0.25) is 0 Å². The molecule has 0 atom stereocenters. The number of aliphatic carboxylic acids is 1. The second-order valence-corrected chi connectivity index (χ2v) is 5.58. The van der Waals surface area contributed by atoms with Crippen LogP contribution in [0.25, 0.3) is 0 Å². The van der Waals surface area contributed by atoms with E-state index in [1.807, 2.05) is 24.3 Å². The molecule has 0 radical (unpaired) electrons. The fraction of sp³-hybridized carbons (Fsp3) is 0.467. The Labute approximate surface area is 118 Å². The zero-order valence-electron chi connectivity index (χ0n) is 11.8. The molecule has 108 valence electrons. The third-order valence-corrected chi connectivity index (χ3v) is 3.54. The topological polar surface area (TPSA) is 69.6 Å². The Balaban J connectivity index is 1.82. The molecule has 0 spiro atoms. The molecule has 1 aromatic rings. The molecule has 2 rings (SSSR count). The summed E-state index contributed by atoms with van der Waals surface area (Å²) in [6, 6.07) is 7.63. The van der Waals surface area contributed by atoms with Crippen molar-refractivity contribution >= 4 is 17.7 Å². The predicted molar refractivity (Wildman–Crippen MR) is 76.9 cm³/mol. The number of nitrogens with zero attached hydrogens (tertiary/aromatic N) is 1. The number of amides is 2. The zero-order valence-corrected chi connectivity index (χ0v) is 11.8. The minimum atomic E-state index is -0.806. The van der Waals surface area contributed by atoms with Gasteiger partial charge in [-0.05, 0) is 23.6 Å². The van der Waals surface area contributed by atoms with Gasteiger partial charge in [-0.15, -0.1) is 0 Å². The van der Waals surface area contributed by atoms with Crippen LogP contribution in [0.5, 0.6) is 0 Å². The number of benzene rings is 1. The van der Waals surface area contributed by atoms with Crippen molar-refractivity contribution in [3.63, 3.8) is 0 Å². The SMILES string of the molecule is CC(C)c1ccc(NC(=O)N2CC(CC(=O)O)C2)cc1. The van der Waals surface area contributed by atoms with Crippen LogP contribution in [-0.2, 0) is 4.79 Å². The lowest BCUT2D eigenvalue weighted by Gasteiger charge is -2.38. The molecule has 0 aromatic heterocycles. The molecule has 1 aliphatic heterocycles. The molecule has 0 unspecified atom stereocenters. The molecule has 1 heterocycles. The maximum Gasteiger partial charge on any atom is 0.321 e. The number of urea groups is 1. The average Bonchev–Trinajstić information content (AvgIpc) is 2.33. The number of rotatable bonds is 4. The number of carboxylic acid groups (broad SMARTS) is 1. The van der Waals surface area contributed by atoms with Gasteiger partial charge >= 0.3 is 12.0 Å². The van der Waals surface area contributed by atoms with Crippen LogP contribution in [0.3, 0.4) is 0 Å². The van der Waals surface area contributed by atoms with Crippen LogP contribution in [0, 0.1) is 5.92 Å². The summed E-state index contributed by atoms with van der Waals surface area (Å²) in [6.07, 6.45) is 0.132. The van der Waals surface area contributed by atoms with Crippen LogP contribution in [0.4, 0.5) is 10.5 Å². The summed E-state index contributed by atoms with van der Waals surface area (Å²) < 4.78 is 0. The van der Waals surface area contributed by atoms with Crippen molar-refractivity contribution in [2.24, 2.45) is 5.92 Å². The van der Waals surface area contributed by atoms with Crippen molar-refractivity contribution in [3.05, 3.63) is 29.8 Å². The number of hydrogen-bond acceptors (Lipinski definition) is 2. The summed E-state index contributed by atoms with van der Waals surface area (Å²) in [5, 5.41) is 11.5. The van der Waals surface area contributed by atoms with Crippen molar-refractivity contribution in [3.8, 4) is 0 Å². The van der Waals surface area contributed by atoms with Crippen LogP contribution >= 0.6 is 0 Å². The van der Waals surface area contributed by atoms with Crippen LogP contribution in [-0.4, -0.2) is 35.1 Å². The van der Waals surface area contributed by atoms with E-state index in [4.69, 9.17) is 5.11 Å². The maximum absolute atomic E-state index is 11.9. The normalized spacial score (nSPS) is 15.1. The number of anilines is 1. The van der Waals surface area contributed by atoms with Gasteiger partial charge in [0, 0.05) is 24.7 Å². The molecular weight excluding hydrogens is 256 g/mol. The number of carbonyl (C=O) groups is 2. The van der Waals surface area contributed by atoms with E-state index >= 15 is 0 Å². The van der Waals surface area contributed by atoms with Crippen LogP contribution in [0.15, 0.2) is 24.3 Å². The van der Waals surface area contributed by atoms with E-state index in [-0.39, 0.29) is 18.4 Å². The fourth-order valence-corrected chi connectivity index (χ4v) is 2.27. The Hall–Kier alpha value is -2.04. The van der Waals surface area contributed by atoms with Gasteiger partial charge in [0.15, 0.2) is 0 Å². The zero-order chi connectivity index (χ0) is 14.7. The third kappa shape index (κ3) is 3.50. The maximum atomic E-state index is 11.9. The molecule has 1 aliphatic rings. The smallest absolute Gasteiger partial charge is 0.321 e. The number of carboxylic acids is 1. The van der Waals surface area contributed by atoms with Crippen molar-refractivity contribution in [1.29, 1.82) is 0 Å². The lowest BCUT2D eigenvalue weighted by molar-refractivity contribution is -0.139. The molecule has 0 bridgehead atoms. The van der Waals surface area contributed by atoms with Gasteiger partial charge in [0.05, 0.1) is 6.42 Å². The third-order valence-electron chi connectivity index (χ3n) is 3.54. The largest absolute Gasteiger partial charge is 0.481 e. The van der Waals surface area contributed by atoms with Crippen molar-refractivity contribution in [2.75, 3.05) is 18.4 Å². The molecule has 5 nitrogen and oxygen atoms in total. The lowest BCUT2D eigenvalue weighted by Crippen LogP contribution is -2.52. The van der Waals surface area contributed by atoms with Crippen molar-refractivity contribution < 1.29 is 14.7 Å². The number of hydrogen-bond donors (Lipinski definition) is 2. The summed E-state index contributed by atoms with van der Waals surface area (Å²) in [5.41, 5.74) is 1.99. The Morgan fingerprint density at radius 2 is 1.90 bits per heavy atom. The minimum absolute atomic E-state index is 0.0848. The van der Waals surface area contributed by atoms with E-state index in [0.717, 1.165) is 5.69 Å². The lowest BCUT2D eigenvalue weighted by atomic mass is 9.97. The van der Waals surface area contributed by atoms with Crippen molar-refractivity contribution in [1.82, 2.24) is 4.90 Å². The average molecular weight is 276 g/mol. The van der Waals surface area contributed by atoms with Gasteiger partial charge in [-0.3, -0.25) is 4.79 Å². The highest BCUT2D eigenvalue weighted by molar-refractivity contribution is 5.90. The summed E-state index contributed by atoms with van der Waals surface area (Å²) in [6.45, 7) is 5.27. The van der Waals surface area contributed by atoms with E-state index in [1.165, 1.54) is 5.56 Å². The second kappa shape index (κ2) is 5.94. The fourth-order valence-electron chi connectivity index (χ4n) is 2.27. The molecular formula is C15H20N2O3. The van der Waals surface area contributed by atoms with E-state index in [2.05, 4.69) is 19.2 Å². The van der Waals surface area contributed by atoms with Crippen molar-refractivity contribution in [2.45, 2.75) is 26.2 Å². The predicted octanol–water partition coefficient (Wildman–Crippen LogP) is 2.75. The number of nitrogens with one attached hydrogen (secondary N) is 1. The van der Waals surface area contributed by atoms with E-state index in [9.17, 15) is 9.59 Å². The first-order chi connectivity index (χ1) is 9.45. The minimum Gasteiger partial charge on any atom is -0.481 e. The first kappa shape index (κ1) is 14.4. The molecule has 0 saturated carbocycles. The van der Waals surface area contributed by atoms with Gasteiger partial charge < -0.3 is 15.3 Å². The molecule has 2 N–H and O–H groups in total. The standard InChI is InChI=1S/C15H20N2O3/c1-10(2)12-3-5-13(6-4-12)16-15(20)17-8-11(9-17)7-14(18)19/h3-6,10-11H,7-9H2,1-2H3,(H,16,20)(H,18,19). The Morgan fingerprint density at radius 1 is 1.30 bits per heavy atom. The van der Waals surface area contributed by atoms with Crippen LogP contribution in [0.1, 0.15) is 31.7 Å². The summed E-state index contributed by atoms with van der Waals surface area (Å²) in [4.78, 5) is 24.1. The highest BCUT2D eigenvalue weighted by atomic mass is 16.4. The van der Waals surface area contributed by atoms with E-state index < -0.39 is 5.97 Å². The highest BCUT2D eigenvalue weighted by Gasteiger charge is 2.31. The molecule has 0 aliphatic carbocycles. The first-order valence-electron chi connectivity index (χ1n) is 6.83. The molecule has 5 heteroatoms. The van der Waals surface area contributed by atoms with Crippen LogP contribution in [0.2, 0.25) is 0 Å². The molecule has 1 aromatic carbocycles. The molecule has 1 fully saturated rings. The first-order valence-corrected chi connectivity index (χ1v) is 6.83. The van der Waals surface area contributed by atoms with E-state index in [1.54, 1.807) is 4.90 Å². The quantitative estimate of drug-likeness (QED) is 0.888. The number of likely N-dealkylation sites (tertiary alicyclic amines) is 1. The Bertz CT molecular complexity index is 490. The Morgan fingerprint density at radius 3 is 2.40 bits per heavy atom. The Kier molecular flexibility index (Phi) is 4.27. The second-order valence-electron chi connectivity index (χ2n) is 5.58. The summed E-state index contributed by atoms with van der Waals surface area (Å²) in [7, 11) is 0. The molecule has 2 amide bonds. The van der Waals surface area contributed by atoms with E-state index in [0.29, 0.717) is 19.0 Å². The molecule has 20 heavy (non-hydrogen) atoms. The monoisotopic (exact) mass is 276 g/mol. The van der Waals surface area contributed by atoms with Gasteiger partial charge in [-0.25, -0.2) is 4.79 Å². The van der Waals surface area contributed by atoms with Gasteiger partial charge in [0.1, 0.15) is 0 Å². The summed E-state index contributed by atoms with van der Waals surface area (Å²) >= 11 is 0. The van der Waals surface area contributed by atoms with Gasteiger partial charge in [-0.1, -0.05) is 26.0 Å². The van der Waals surface area contributed by atoms with Gasteiger partial charge in [-0.2, -0.15) is 0 Å².